The van der Waals surface area contributed by atoms with Crippen molar-refractivity contribution in [1.82, 2.24) is 4.90 Å². The number of carbonyl (C=O) groups is 2. The van der Waals surface area contributed by atoms with Crippen LogP contribution in [0.15, 0.2) is 11.8 Å². The van der Waals surface area contributed by atoms with E-state index < -0.39 is 23.7 Å². The zero-order valence-electron chi connectivity index (χ0n) is 10.4. The summed E-state index contributed by atoms with van der Waals surface area (Å²) in [6.45, 7) is 1.41. The molecule has 0 bridgehead atoms. The summed E-state index contributed by atoms with van der Waals surface area (Å²) < 4.78 is 43.1. The molecule has 1 rings (SSSR count). The SMILES string of the molecule is CCOC(=O)C=C(N1CC(CN)CC1=O)C(F)(F)F. The smallest absolute Gasteiger partial charge is 0.431 e. The Morgan fingerprint density at radius 3 is 2.63 bits per heavy atom. The average Bonchev–Trinajstić information content (AvgIpc) is 2.66. The molecule has 0 aromatic heterocycles. The molecule has 1 unspecified atom stereocenters. The number of nitrogens with zero attached hydrogens (tertiary/aromatic N) is 1. The molecule has 1 atom stereocenters. The predicted molar refractivity (Wildman–Crippen MR) is 59.6 cm³/mol. The number of alkyl halides is 3. The van der Waals surface area contributed by atoms with Crippen LogP contribution in [0.2, 0.25) is 0 Å². The molecule has 0 radical (unpaired) electrons. The Balaban J connectivity index is 2.99. The lowest BCUT2D eigenvalue weighted by molar-refractivity contribution is -0.142. The van der Waals surface area contributed by atoms with E-state index >= 15 is 0 Å². The first-order valence-electron chi connectivity index (χ1n) is 5.75. The van der Waals surface area contributed by atoms with Crippen LogP contribution in [-0.2, 0) is 14.3 Å². The summed E-state index contributed by atoms with van der Waals surface area (Å²) in [5, 5.41) is 0. The van der Waals surface area contributed by atoms with E-state index in [4.69, 9.17) is 5.73 Å². The maximum Gasteiger partial charge on any atom is 0.431 e. The highest BCUT2D eigenvalue weighted by molar-refractivity contribution is 5.86. The Bertz CT molecular complexity index is 393. The van der Waals surface area contributed by atoms with Crippen molar-refractivity contribution in [2.24, 2.45) is 11.7 Å². The molecule has 108 valence electrons. The number of allylic oxidation sites excluding steroid dienone is 1. The van der Waals surface area contributed by atoms with Crippen molar-refractivity contribution in [2.45, 2.75) is 19.5 Å². The first kappa shape index (κ1) is 15.5. The summed E-state index contributed by atoms with van der Waals surface area (Å²) in [7, 11) is 0. The second kappa shape index (κ2) is 6.05. The normalized spacial score (nSPS) is 20.9. The van der Waals surface area contributed by atoms with Gasteiger partial charge in [0.25, 0.3) is 0 Å². The first-order chi connectivity index (χ1) is 8.79. The van der Waals surface area contributed by atoms with Crippen LogP contribution < -0.4 is 5.73 Å². The van der Waals surface area contributed by atoms with Crippen LogP contribution in [0.5, 0.6) is 0 Å². The van der Waals surface area contributed by atoms with Crippen LogP contribution in [0, 0.1) is 5.92 Å². The molecule has 1 fully saturated rings. The number of likely N-dealkylation sites (tertiary alicyclic amines) is 1. The third-order valence-electron chi connectivity index (χ3n) is 2.66. The lowest BCUT2D eigenvalue weighted by Gasteiger charge is -2.22. The molecule has 8 heteroatoms. The van der Waals surface area contributed by atoms with Crippen LogP contribution in [0.25, 0.3) is 0 Å². The average molecular weight is 280 g/mol. The topological polar surface area (TPSA) is 72.6 Å². The molecule has 0 spiro atoms. The Morgan fingerprint density at radius 1 is 1.58 bits per heavy atom. The summed E-state index contributed by atoms with van der Waals surface area (Å²) in [4.78, 5) is 23.3. The van der Waals surface area contributed by atoms with Gasteiger partial charge in [-0.25, -0.2) is 4.79 Å². The number of halogens is 3. The Hall–Kier alpha value is -1.57. The molecule has 5 nitrogen and oxygen atoms in total. The van der Waals surface area contributed by atoms with Gasteiger partial charge in [0.2, 0.25) is 5.91 Å². The number of carbonyl (C=O) groups excluding carboxylic acids is 2. The van der Waals surface area contributed by atoms with Gasteiger partial charge in [0.05, 0.1) is 12.7 Å². The van der Waals surface area contributed by atoms with Gasteiger partial charge in [0.1, 0.15) is 5.70 Å². The van der Waals surface area contributed by atoms with E-state index in [1.807, 2.05) is 0 Å². The van der Waals surface area contributed by atoms with E-state index in [1.54, 1.807) is 0 Å². The summed E-state index contributed by atoms with van der Waals surface area (Å²) in [6.07, 6.45) is -4.54. The van der Waals surface area contributed by atoms with E-state index in [1.165, 1.54) is 6.92 Å². The van der Waals surface area contributed by atoms with Crippen LogP contribution in [-0.4, -0.2) is 42.6 Å². The first-order valence-corrected chi connectivity index (χ1v) is 5.75. The van der Waals surface area contributed by atoms with E-state index in [9.17, 15) is 22.8 Å². The molecule has 0 aliphatic carbocycles. The maximum atomic E-state index is 12.9. The zero-order valence-corrected chi connectivity index (χ0v) is 10.4. The Labute approximate surface area is 108 Å². The van der Waals surface area contributed by atoms with Crippen molar-refractivity contribution >= 4 is 11.9 Å². The number of hydrogen-bond acceptors (Lipinski definition) is 4. The van der Waals surface area contributed by atoms with Crippen LogP contribution in [0.1, 0.15) is 13.3 Å². The highest BCUT2D eigenvalue weighted by Gasteiger charge is 2.44. The van der Waals surface area contributed by atoms with Gasteiger partial charge in [0, 0.05) is 13.0 Å². The standard InChI is InChI=1S/C11H15F3N2O3/c1-2-19-10(18)4-8(11(12,13)14)16-6-7(5-15)3-9(16)17/h4,7H,2-3,5-6,15H2,1H3. The van der Waals surface area contributed by atoms with Crippen LogP contribution in [0.4, 0.5) is 13.2 Å². The zero-order chi connectivity index (χ0) is 14.6. The van der Waals surface area contributed by atoms with E-state index in [0.29, 0.717) is 11.0 Å². The minimum atomic E-state index is -4.80. The van der Waals surface area contributed by atoms with Gasteiger partial charge in [0.15, 0.2) is 0 Å². The molecule has 0 saturated carbocycles. The van der Waals surface area contributed by atoms with E-state index in [2.05, 4.69) is 4.74 Å². The van der Waals surface area contributed by atoms with E-state index in [-0.39, 0.29) is 32.0 Å². The highest BCUT2D eigenvalue weighted by Crippen LogP contribution is 2.33. The summed E-state index contributed by atoms with van der Waals surface area (Å²) in [6, 6.07) is 0. The fraction of sp³-hybridized carbons (Fsp3) is 0.636. The van der Waals surface area contributed by atoms with E-state index in [0.717, 1.165) is 0 Å². The largest absolute Gasteiger partial charge is 0.463 e. The lowest BCUT2D eigenvalue weighted by atomic mass is 10.1. The van der Waals surface area contributed by atoms with Gasteiger partial charge in [-0.2, -0.15) is 13.2 Å². The molecule has 1 heterocycles. The molecule has 1 saturated heterocycles. The number of hydrogen-bond donors (Lipinski definition) is 1. The third kappa shape index (κ3) is 3.95. The molecule has 1 amide bonds. The van der Waals surface area contributed by atoms with Crippen LogP contribution in [0.3, 0.4) is 0 Å². The number of nitrogens with two attached hydrogens (primary N) is 1. The molecular formula is C11H15F3N2O3. The Morgan fingerprint density at radius 2 is 2.21 bits per heavy atom. The highest BCUT2D eigenvalue weighted by atomic mass is 19.4. The predicted octanol–water partition coefficient (Wildman–Crippen LogP) is 0.803. The molecule has 2 N–H and O–H groups in total. The van der Waals surface area contributed by atoms with Crippen molar-refractivity contribution in [3.63, 3.8) is 0 Å². The minimum absolute atomic E-state index is 0.0418. The lowest BCUT2D eigenvalue weighted by Crippen LogP contribution is -2.34. The summed E-state index contributed by atoms with van der Waals surface area (Å²) in [5.41, 5.74) is 4.05. The monoisotopic (exact) mass is 280 g/mol. The number of ether oxygens (including phenoxy) is 1. The number of rotatable bonds is 4. The fourth-order valence-corrected chi connectivity index (χ4v) is 1.78. The fourth-order valence-electron chi connectivity index (χ4n) is 1.78. The van der Waals surface area contributed by atoms with Crippen molar-refractivity contribution in [1.29, 1.82) is 0 Å². The summed E-state index contributed by atoms with van der Waals surface area (Å²) >= 11 is 0. The second-order valence-corrected chi connectivity index (χ2v) is 4.09. The van der Waals surface area contributed by atoms with Crippen molar-refractivity contribution in [3.8, 4) is 0 Å². The number of amides is 1. The molecule has 0 aromatic carbocycles. The van der Waals surface area contributed by atoms with Gasteiger partial charge in [-0.1, -0.05) is 0 Å². The Kier molecular flexibility index (Phi) is 4.93. The van der Waals surface area contributed by atoms with Gasteiger partial charge in [-0.05, 0) is 19.4 Å². The molecule has 1 aliphatic heterocycles. The quantitative estimate of drug-likeness (QED) is 0.611. The molecule has 19 heavy (non-hydrogen) atoms. The van der Waals surface area contributed by atoms with Crippen molar-refractivity contribution in [2.75, 3.05) is 19.7 Å². The van der Waals surface area contributed by atoms with Gasteiger partial charge < -0.3 is 15.4 Å². The van der Waals surface area contributed by atoms with Gasteiger partial charge >= 0.3 is 12.1 Å². The van der Waals surface area contributed by atoms with Crippen molar-refractivity contribution in [3.05, 3.63) is 11.8 Å². The third-order valence-corrected chi connectivity index (χ3v) is 2.66. The summed E-state index contributed by atoms with van der Waals surface area (Å²) in [5.74, 6) is -2.15. The minimum Gasteiger partial charge on any atom is -0.463 e. The number of esters is 1. The van der Waals surface area contributed by atoms with Crippen molar-refractivity contribution < 1.29 is 27.5 Å². The maximum absolute atomic E-state index is 12.9. The molecule has 1 aliphatic rings. The van der Waals surface area contributed by atoms with Crippen LogP contribution >= 0.6 is 0 Å². The van der Waals surface area contributed by atoms with Gasteiger partial charge in [-0.15, -0.1) is 0 Å². The molecule has 0 aromatic rings. The van der Waals surface area contributed by atoms with Gasteiger partial charge in [-0.3, -0.25) is 4.79 Å². The second-order valence-electron chi connectivity index (χ2n) is 4.09. The molecular weight excluding hydrogens is 265 g/mol.